The molecule has 0 unspecified atom stereocenters. The van der Waals surface area contributed by atoms with Gasteiger partial charge in [0.2, 0.25) is 0 Å². The second-order valence-corrected chi connectivity index (χ2v) is 8.19. The molecule has 0 bridgehead atoms. The van der Waals surface area contributed by atoms with Crippen LogP contribution in [0.3, 0.4) is 0 Å². The van der Waals surface area contributed by atoms with Crippen molar-refractivity contribution >= 4 is 34.0 Å². The molecule has 2 fully saturated rings. The first-order valence-electron chi connectivity index (χ1n) is 7.10. The molecule has 0 saturated carbocycles. The van der Waals surface area contributed by atoms with Gasteiger partial charge in [0.1, 0.15) is 4.75 Å². The lowest BCUT2D eigenvalue weighted by molar-refractivity contribution is -0.152. The highest BCUT2D eigenvalue weighted by Gasteiger charge is 2.71. The molecule has 0 radical (unpaired) electrons. The number of fused-ring (bicyclic) bond motifs is 1. The number of hydrogen-bond acceptors (Lipinski definition) is 6. The Morgan fingerprint density at radius 2 is 2.17 bits per heavy atom. The van der Waals surface area contributed by atoms with Crippen LogP contribution >= 0.6 is 0 Å². The average Bonchev–Trinajstić information content (AvgIpc) is 2.69. The third-order valence-corrected chi connectivity index (χ3v) is 6.96. The predicted molar refractivity (Wildman–Crippen MR) is 86.0 cm³/mol. The number of β-lactam (4-membered cyclic amide) rings is 1. The van der Waals surface area contributed by atoms with Crippen molar-refractivity contribution in [1.29, 1.82) is 0 Å². The molecule has 1 N–H and O–H groups in total. The molecule has 0 aliphatic carbocycles. The lowest BCUT2D eigenvalue weighted by atomic mass is 9.94. The number of aliphatic imine (C=N–C) groups is 1. The Hall–Kier alpha value is -2.55. The molecule has 3 heterocycles. The smallest absolute Gasteiger partial charge is 0.328 e. The number of hydrogen-bond donors (Lipinski definition) is 1. The summed E-state index contributed by atoms with van der Waals surface area (Å²) in [6.07, 6.45) is 3.99. The summed E-state index contributed by atoms with van der Waals surface area (Å²) in [5, 5.41) is 8.18. The van der Waals surface area contributed by atoms with E-state index in [1.807, 2.05) is 0 Å². The summed E-state index contributed by atoms with van der Waals surface area (Å²) >= 11 is 0. The highest BCUT2D eigenvalue weighted by molar-refractivity contribution is 7.94. The number of aromatic nitrogens is 1. The Labute approximate surface area is 138 Å². The van der Waals surface area contributed by atoms with Gasteiger partial charge in [-0.2, -0.15) is 0 Å². The van der Waals surface area contributed by atoms with Crippen molar-refractivity contribution < 1.29 is 23.1 Å². The lowest BCUT2D eigenvalue weighted by Crippen LogP contribution is -2.59. The minimum Gasteiger partial charge on any atom is -0.480 e. The van der Waals surface area contributed by atoms with Crippen molar-refractivity contribution in [2.75, 3.05) is 7.05 Å². The molecule has 1 amide bonds. The van der Waals surface area contributed by atoms with Crippen molar-refractivity contribution in [1.82, 2.24) is 9.88 Å². The summed E-state index contributed by atoms with van der Waals surface area (Å²) in [6.45, 7) is 1.28. The minimum atomic E-state index is -4.01. The Morgan fingerprint density at radius 3 is 2.71 bits per heavy atom. The van der Waals surface area contributed by atoms with E-state index < -0.39 is 37.9 Å². The van der Waals surface area contributed by atoms with Crippen LogP contribution in [-0.2, 0) is 19.4 Å². The van der Waals surface area contributed by atoms with Crippen LogP contribution in [0.2, 0.25) is 0 Å². The number of pyridine rings is 1. The van der Waals surface area contributed by atoms with Crippen molar-refractivity contribution in [2.24, 2.45) is 4.99 Å². The van der Waals surface area contributed by atoms with Crippen molar-refractivity contribution in [3.63, 3.8) is 0 Å². The number of carbonyl (C=O) groups is 2. The Morgan fingerprint density at radius 1 is 1.46 bits per heavy atom. The molecule has 8 nitrogen and oxygen atoms in total. The van der Waals surface area contributed by atoms with Crippen LogP contribution in [-0.4, -0.2) is 64.7 Å². The number of amides is 1. The summed E-state index contributed by atoms with van der Waals surface area (Å²) < 4.78 is 24.1. The quantitative estimate of drug-likeness (QED) is 0.465. The number of sulfone groups is 1. The van der Waals surface area contributed by atoms with Crippen LogP contribution in [0.4, 0.5) is 0 Å². The van der Waals surface area contributed by atoms with E-state index in [2.05, 4.69) is 9.98 Å². The predicted octanol–water partition coefficient (Wildman–Crippen LogP) is -0.0258. The summed E-state index contributed by atoms with van der Waals surface area (Å²) in [4.78, 5) is 32.7. The van der Waals surface area contributed by atoms with E-state index in [1.54, 1.807) is 18.2 Å². The first kappa shape index (κ1) is 16.3. The Balaban J connectivity index is 2.15. The maximum absolute atomic E-state index is 12.9. The zero-order valence-electron chi connectivity index (χ0n) is 12.9. The number of carboxylic acid groups (broad SMARTS) is 1. The Kier molecular flexibility index (Phi) is 3.56. The number of nitrogens with zero attached hydrogens (tertiary/aromatic N) is 3. The largest absolute Gasteiger partial charge is 0.480 e. The summed E-state index contributed by atoms with van der Waals surface area (Å²) in [7, 11) is -2.64. The van der Waals surface area contributed by atoms with Gasteiger partial charge in [0.25, 0.3) is 5.91 Å². The molecule has 24 heavy (non-hydrogen) atoms. The topological polar surface area (TPSA) is 117 Å². The van der Waals surface area contributed by atoms with Crippen molar-refractivity contribution in [3.05, 3.63) is 35.7 Å². The van der Waals surface area contributed by atoms with Crippen LogP contribution in [0.1, 0.15) is 12.6 Å². The van der Waals surface area contributed by atoms with E-state index in [0.717, 1.165) is 11.1 Å². The standard InChI is InChI=1S/C15H15N3O5S/c1-15(8-16-2)11(14(20)21)18-12(19)10(13(18)24(15,22)23)7-9-5-3-4-6-17-9/h3-8,11,13H,1-2H3,(H,20,21)/b10-7-,16-8?/t11-,13+,15-/m0/s1. The fraction of sp³-hybridized carbons (Fsp3) is 0.333. The molecule has 2 aliphatic heterocycles. The maximum atomic E-state index is 12.9. The van der Waals surface area contributed by atoms with E-state index in [0.29, 0.717) is 5.69 Å². The lowest BCUT2D eigenvalue weighted by Gasteiger charge is -2.37. The normalized spacial score (nSPS) is 32.8. The zero-order valence-corrected chi connectivity index (χ0v) is 13.8. The van der Waals surface area contributed by atoms with Crippen LogP contribution in [0.25, 0.3) is 6.08 Å². The van der Waals surface area contributed by atoms with Gasteiger partial charge in [-0.1, -0.05) is 6.07 Å². The molecule has 1 aromatic heterocycles. The van der Waals surface area contributed by atoms with E-state index in [9.17, 15) is 23.1 Å². The maximum Gasteiger partial charge on any atom is 0.328 e. The molecular weight excluding hydrogens is 334 g/mol. The van der Waals surface area contributed by atoms with Crippen molar-refractivity contribution in [2.45, 2.75) is 23.1 Å². The third kappa shape index (κ3) is 1.94. The number of rotatable bonds is 3. The van der Waals surface area contributed by atoms with Crippen LogP contribution in [0, 0.1) is 0 Å². The third-order valence-electron chi connectivity index (χ3n) is 4.34. The average molecular weight is 349 g/mol. The molecule has 1 aromatic rings. The Bertz CT molecular complexity index is 878. The molecule has 9 heteroatoms. The van der Waals surface area contributed by atoms with Gasteiger partial charge < -0.3 is 10.0 Å². The second kappa shape index (κ2) is 5.23. The SMILES string of the molecule is CN=C[C@@]1(C)[C@H](C(=O)O)N2C(=O)/C(=C/c3ccccn3)[C@H]2S1(=O)=O. The van der Waals surface area contributed by atoms with Gasteiger partial charge in [0.05, 0.1) is 11.3 Å². The molecule has 126 valence electrons. The van der Waals surface area contributed by atoms with Crippen LogP contribution < -0.4 is 0 Å². The first-order valence-corrected chi connectivity index (χ1v) is 8.65. The molecular formula is C15H15N3O5S. The number of carboxylic acids is 1. The first-order chi connectivity index (χ1) is 11.3. The minimum absolute atomic E-state index is 0.0215. The zero-order chi connectivity index (χ0) is 17.7. The van der Waals surface area contributed by atoms with Gasteiger partial charge in [0.15, 0.2) is 21.3 Å². The van der Waals surface area contributed by atoms with E-state index in [4.69, 9.17) is 0 Å². The molecule has 3 rings (SSSR count). The fourth-order valence-corrected chi connectivity index (χ4v) is 5.48. The van der Waals surface area contributed by atoms with E-state index in [-0.39, 0.29) is 5.57 Å². The van der Waals surface area contributed by atoms with E-state index in [1.165, 1.54) is 26.2 Å². The monoisotopic (exact) mass is 349 g/mol. The number of carbonyl (C=O) groups excluding carboxylic acids is 1. The van der Waals surface area contributed by atoms with Crippen molar-refractivity contribution in [3.8, 4) is 0 Å². The van der Waals surface area contributed by atoms with Crippen LogP contribution in [0.5, 0.6) is 0 Å². The second-order valence-electron chi connectivity index (χ2n) is 5.78. The fourth-order valence-electron chi connectivity index (χ4n) is 3.20. The van der Waals surface area contributed by atoms with Gasteiger partial charge in [-0.25, -0.2) is 13.2 Å². The van der Waals surface area contributed by atoms with Gasteiger partial charge in [-0.3, -0.25) is 14.8 Å². The molecule has 2 aliphatic rings. The molecule has 0 spiro atoms. The highest BCUT2D eigenvalue weighted by Crippen LogP contribution is 2.48. The summed E-state index contributed by atoms with van der Waals surface area (Å²) in [5.41, 5.74) is 0.452. The van der Waals surface area contributed by atoms with E-state index >= 15 is 0 Å². The number of aliphatic carboxylic acids is 1. The van der Waals surface area contributed by atoms with Gasteiger partial charge in [-0.05, 0) is 25.1 Å². The van der Waals surface area contributed by atoms with Crippen LogP contribution in [0.15, 0.2) is 35.0 Å². The molecule has 0 aromatic carbocycles. The summed E-state index contributed by atoms with van der Waals surface area (Å²) in [6, 6.07) is 3.52. The molecule has 2 saturated heterocycles. The molecule has 3 atom stereocenters. The summed E-state index contributed by atoms with van der Waals surface area (Å²) in [5.74, 6) is -2.00. The van der Waals surface area contributed by atoms with Gasteiger partial charge in [0, 0.05) is 19.5 Å². The van der Waals surface area contributed by atoms with Gasteiger partial charge in [-0.15, -0.1) is 0 Å². The highest BCUT2D eigenvalue weighted by atomic mass is 32.2. The van der Waals surface area contributed by atoms with Gasteiger partial charge >= 0.3 is 5.97 Å².